The molecule has 0 saturated carbocycles. The fraction of sp³-hybridized carbons (Fsp3) is 0.0625. The number of benzene rings is 2. The molecule has 0 bridgehead atoms. The van der Waals surface area contributed by atoms with Gasteiger partial charge in [0.2, 0.25) is 0 Å². The van der Waals surface area contributed by atoms with E-state index in [-0.39, 0.29) is 17.0 Å². The molecule has 0 aliphatic heterocycles. The Bertz CT molecular complexity index is 723. The molecule has 1 heterocycles. The molecule has 2 nitrogen and oxygen atoms in total. The largest absolute Gasteiger partial charge is 0.332 e. The van der Waals surface area contributed by atoms with Crippen molar-refractivity contribution in [1.82, 2.24) is 4.98 Å². The van der Waals surface area contributed by atoms with Gasteiger partial charge < -0.3 is 5.32 Å². The molecule has 0 unspecified atom stereocenters. The highest BCUT2D eigenvalue weighted by Gasteiger charge is 2.05. The van der Waals surface area contributed by atoms with E-state index in [0.29, 0.717) is 0 Å². The highest BCUT2D eigenvalue weighted by atomic mass is 79.9. The summed E-state index contributed by atoms with van der Waals surface area (Å²) in [5.74, 6) is 0. The number of anilines is 2. The smallest absolute Gasteiger partial charge is 0.187 e. The summed E-state index contributed by atoms with van der Waals surface area (Å²) in [6, 6.07) is 16.5. The van der Waals surface area contributed by atoms with Gasteiger partial charge in [-0.05, 0) is 31.2 Å². The molecular formula is C16H14Br2N2S. The third-order valence-corrected chi connectivity index (χ3v) is 4.18. The van der Waals surface area contributed by atoms with Crippen LogP contribution in [0.15, 0.2) is 58.4 Å². The number of hydrogen-bond donors (Lipinski definition) is 1. The predicted molar refractivity (Wildman–Crippen MR) is 100 cm³/mol. The summed E-state index contributed by atoms with van der Waals surface area (Å²) in [4.78, 5) is 4.63. The molecule has 0 aliphatic carbocycles. The van der Waals surface area contributed by atoms with Crippen LogP contribution in [0.2, 0.25) is 0 Å². The van der Waals surface area contributed by atoms with E-state index in [2.05, 4.69) is 74.9 Å². The van der Waals surface area contributed by atoms with Crippen LogP contribution in [0.25, 0.3) is 11.3 Å². The monoisotopic (exact) mass is 424 g/mol. The zero-order chi connectivity index (χ0) is 13.9. The summed E-state index contributed by atoms with van der Waals surface area (Å²) in [5, 5.41) is 6.31. The summed E-state index contributed by atoms with van der Waals surface area (Å²) < 4.78 is 1.07. The van der Waals surface area contributed by atoms with E-state index in [4.69, 9.17) is 0 Å². The second-order valence-electron chi connectivity index (χ2n) is 4.54. The standard InChI is InChI=1S/C16H13BrN2S.BrH/c1-11-5-7-14(8-6-11)18-16-19-15(10-20-16)12-3-2-4-13(17)9-12;/h2-10H,1H3,(H,18,19);1H. The molecule has 21 heavy (non-hydrogen) atoms. The lowest BCUT2D eigenvalue weighted by molar-refractivity contribution is 1.37. The lowest BCUT2D eigenvalue weighted by atomic mass is 10.2. The first-order valence-electron chi connectivity index (χ1n) is 6.26. The zero-order valence-electron chi connectivity index (χ0n) is 11.3. The van der Waals surface area contributed by atoms with Crippen LogP contribution >= 0.6 is 44.2 Å². The Kier molecular flexibility index (Phi) is 5.56. The van der Waals surface area contributed by atoms with Crippen LogP contribution in [-0.4, -0.2) is 4.98 Å². The van der Waals surface area contributed by atoms with Crippen LogP contribution < -0.4 is 5.32 Å². The van der Waals surface area contributed by atoms with Gasteiger partial charge in [0.15, 0.2) is 5.13 Å². The fourth-order valence-electron chi connectivity index (χ4n) is 1.87. The Labute approximate surface area is 147 Å². The van der Waals surface area contributed by atoms with E-state index in [1.54, 1.807) is 11.3 Å². The lowest BCUT2D eigenvalue weighted by Crippen LogP contribution is -1.89. The van der Waals surface area contributed by atoms with Crippen molar-refractivity contribution in [3.8, 4) is 11.3 Å². The van der Waals surface area contributed by atoms with Gasteiger partial charge >= 0.3 is 0 Å². The first-order chi connectivity index (χ1) is 9.70. The van der Waals surface area contributed by atoms with Crippen molar-refractivity contribution in [2.75, 3.05) is 5.32 Å². The Morgan fingerprint density at radius 3 is 2.57 bits per heavy atom. The predicted octanol–water partition coefficient (Wildman–Crippen LogP) is 6.20. The van der Waals surface area contributed by atoms with Gasteiger partial charge in [-0.15, -0.1) is 28.3 Å². The second kappa shape index (κ2) is 7.20. The maximum atomic E-state index is 4.63. The number of aryl methyl sites for hydroxylation is 1. The Hall–Kier alpha value is -1.17. The number of aromatic nitrogens is 1. The molecule has 3 aromatic rings. The molecule has 108 valence electrons. The van der Waals surface area contributed by atoms with Gasteiger partial charge in [0.25, 0.3) is 0 Å². The summed E-state index contributed by atoms with van der Waals surface area (Å²) in [5.41, 5.74) is 4.42. The molecular weight excluding hydrogens is 412 g/mol. The van der Waals surface area contributed by atoms with E-state index >= 15 is 0 Å². The van der Waals surface area contributed by atoms with E-state index < -0.39 is 0 Å². The minimum Gasteiger partial charge on any atom is -0.332 e. The van der Waals surface area contributed by atoms with Crippen molar-refractivity contribution in [2.24, 2.45) is 0 Å². The number of rotatable bonds is 3. The first kappa shape index (κ1) is 16.2. The van der Waals surface area contributed by atoms with Crippen molar-refractivity contribution in [2.45, 2.75) is 6.92 Å². The van der Waals surface area contributed by atoms with Crippen molar-refractivity contribution in [3.63, 3.8) is 0 Å². The van der Waals surface area contributed by atoms with Crippen LogP contribution in [0.4, 0.5) is 10.8 Å². The molecule has 0 saturated heterocycles. The van der Waals surface area contributed by atoms with Crippen LogP contribution in [0, 0.1) is 6.92 Å². The molecule has 0 aliphatic rings. The van der Waals surface area contributed by atoms with Gasteiger partial charge in [-0.25, -0.2) is 4.98 Å². The molecule has 2 aromatic carbocycles. The first-order valence-corrected chi connectivity index (χ1v) is 7.93. The number of nitrogens with one attached hydrogen (secondary N) is 1. The summed E-state index contributed by atoms with van der Waals surface area (Å²) in [6.45, 7) is 2.08. The van der Waals surface area contributed by atoms with E-state index in [1.807, 2.05) is 12.1 Å². The SMILES string of the molecule is Br.Cc1ccc(Nc2nc(-c3cccc(Br)c3)cs2)cc1. The van der Waals surface area contributed by atoms with Crippen LogP contribution in [0.3, 0.4) is 0 Å². The summed E-state index contributed by atoms with van der Waals surface area (Å²) in [6.07, 6.45) is 0. The molecule has 0 fully saturated rings. The zero-order valence-corrected chi connectivity index (χ0v) is 15.5. The Morgan fingerprint density at radius 1 is 1.10 bits per heavy atom. The minimum atomic E-state index is 0. The number of hydrogen-bond acceptors (Lipinski definition) is 3. The maximum Gasteiger partial charge on any atom is 0.187 e. The van der Waals surface area contributed by atoms with Crippen molar-refractivity contribution in [1.29, 1.82) is 0 Å². The van der Waals surface area contributed by atoms with Crippen LogP contribution in [-0.2, 0) is 0 Å². The number of halogens is 2. The molecule has 1 aromatic heterocycles. The van der Waals surface area contributed by atoms with Crippen molar-refractivity contribution >= 4 is 55.1 Å². The molecule has 0 amide bonds. The summed E-state index contributed by atoms with van der Waals surface area (Å²) in [7, 11) is 0. The molecule has 0 spiro atoms. The Morgan fingerprint density at radius 2 is 1.86 bits per heavy atom. The van der Waals surface area contributed by atoms with Gasteiger partial charge in [-0.1, -0.05) is 45.8 Å². The maximum absolute atomic E-state index is 4.63. The average molecular weight is 426 g/mol. The van der Waals surface area contributed by atoms with Gasteiger partial charge in [-0.2, -0.15) is 0 Å². The van der Waals surface area contributed by atoms with Gasteiger partial charge in [0.1, 0.15) is 0 Å². The van der Waals surface area contributed by atoms with Gasteiger partial charge in [0.05, 0.1) is 5.69 Å². The Balaban J connectivity index is 0.00000161. The molecule has 1 N–H and O–H groups in total. The van der Waals surface area contributed by atoms with Crippen molar-refractivity contribution in [3.05, 3.63) is 63.9 Å². The summed E-state index contributed by atoms with van der Waals surface area (Å²) >= 11 is 5.10. The fourth-order valence-corrected chi connectivity index (χ4v) is 3.01. The minimum absolute atomic E-state index is 0. The average Bonchev–Trinajstić information content (AvgIpc) is 2.90. The van der Waals surface area contributed by atoms with E-state index in [0.717, 1.165) is 26.5 Å². The quantitative estimate of drug-likeness (QED) is 0.540. The molecule has 3 rings (SSSR count). The highest BCUT2D eigenvalue weighted by Crippen LogP contribution is 2.28. The molecule has 5 heteroatoms. The van der Waals surface area contributed by atoms with Gasteiger partial charge in [0, 0.05) is 21.1 Å². The van der Waals surface area contributed by atoms with Crippen LogP contribution in [0.5, 0.6) is 0 Å². The topological polar surface area (TPSA) is 24.9 Å². The normalized spacial score (nSPS) is 10.0. The third kappa shape index (κ3) is 4.15. The van der Waals surface area contributed by atoms with Crippen LogP contribution in [0.1, 0.15) is 5.56 Å². The molecule has 0 atom stereocenters. The lowest BCUT2D eigenvalue weighted by Gasteiger charge is -2.02. The van der Waals surface area contributed by atoms with E-state index in [1.165, 1.54) is 5.56 Å². The van der Waals surface area contributed by atoms with E-state index in [9.17, 15) is 0 Å². The second-order valence-corrected chi connectivity index (χ2v) is 6.31. The molecule has 0 radical (unpaired) electrons. The third-order valence-electron chi connectivity index (χ3n) is 2.93. The van der Waals surface area contributed by atoms with Gasteiger partial charge in [-0.3, -0.25) is 0 Å². The number of thiazole rings is 1. The van der Waals surface area contributed by atoms with Crippen molar-refractivity contribution < 1.29 is 0 Å². The highest BCUT2D eigenvalue weighted by molar-refractivity contribution is 9.10. The number of nitrogens with zero attached hydrogens (tertiary/aromatic N) is 1.